The zero-order valence-corrected chi connectivity index (χ0v) is 8.87. The molecule has 1 aliphatic rings. The molecule has 3 N–H and O–H groups in total. The number of aliphatic hydroxyl groups excluding tert-OH is 1. The minimum atomic E-state index is -2.96. The molecule has 2 atom stereocenters. The van der Waals surface area contributed by atoms with Gasteiger partial charge < -0.3 is 15.6 Å². The van der Waals surface area contributed by atoms with Crippen LogP contribution in [0.25, 0.3) is 0 Å². The Hall–Kier alpha value is -1.43. The Labute approximate surface area is 96.0 Å². The molecular weight excluding hydrogens is 235 g/mol. The topological polar surface area (TPSA) is 55.5 Å². The lowest BCUT2D eigenvalue weighted by Gasteiger charge is -2.17. The molecule has 1 aromatic carbocycles. The number of rotatable bonds is 2. The van der Waals surface area contributed by atoms with E-state index < -0.39 is 36.8 Å². The first-order valence-corrected chi connectivity index (χ1v) is 5.15. The summed E-state index contributed by atoms with van der Waals surface area (Å²) in [5.74, 6) is -3.87. The molecular formula is C11H12F3NO2. The summed E-state index contributed by atoms with van der Waals surface area (Å²) in [5.41, 5.74) is 5.56. The third-order valence-electron chi connectivity index (χ3n) is 2.67. The molecule has 0 saturated heterocycles. The predicted molar refractivity (Wildman–Crippen MR) is 55.4 cm³/mol. The van der Waals surface area contributed by atoms with E-state index in [4.69, 9.17) is 10.5 Å². The van der Waals surface area contributed by atoms with E-state index >= 15 is 0 Å². The summed E-state index contributed by atoms with van der Waals surface area (Å²) in [7, 11) is 0. The van der Waals surface area contributed by atoms with Gasteiger partial charge in [0.1, 0.15) is 6.10 Å². The summed E-state index contributed by atoms with van der Waals surface area (Å²) in [6, 6.07) is 3.69. The second-order valence-electron chi connectivity index (χ2n) is 4.18. The molecule has 1 saturated carbocycles. The molecule has 2 unspecified atom stereocenters. The lowest BCUT2D eigenvalue weighted by Crippen LogP contribution is -2.26. The van der Waals surface area contributed by atoms with E-state index in [-0.39, 0.29) is 11.4 Å². The first-order chi connectivity index (χ1) is 7.87. The molecule has 1 aromatic rings. The normalized spacial score (nSPS) is 27.1. The molecule has 0 bridgehead atoms. The van der Waals surface area contributed by atoms with Crippen LogP contribution in [0.5, 0.6) is 5.75 Å². The van der Waals surface area contributed by atoms with Gasteiger partial charge in [-0.2, -0.15) is 0 Å². The highest BCUT2D eigenvalue weighted by Gasteiger charge is 2.47. The van der Waals surface area contributed by atoms with Gasteiger partial charge in [0.25, 0.3) is 5.92 Å². The highest BCUT2D eigenvalue weighted by atomic mass is 19.3. The van der Waals surface area contributed by atoms with Gasteiger partial charge in [-0.25, -0.2) is 13.2 Å². The molecule has 6 heteroatoms. The van der Waals surface area contributed by atoms with Crippen LogP contribution in [0.1, 0.15) is 12.8 Å². The first-order valence-electron chi connectivity index (χ1n) is 5.15. The van der Waals surface area contributed by atoms with Gasteiger partial charge in [-0.3, -0.25) is 0 Å². The highest BCUT2D eigenvalue weighted by Crippen LogP contribution is 2.37. The van der Waals surface area contributed by atoms with E-state index in [1.807, 2.05) is 0 Å². The first kappa shape index (κ1) is 12.0. The van der Waals surface area contributed by atoms with Crippen molar-refractivity contribution in [1.29, 1.82) is 0 Å². The van der Waals surface area contributed by atoms with Gasteiger partial charge in [0.05, 0.1) is 12.5 Å². The van der Waals surface area contributed by atoms with Crippen LogP contribution in [0.3, 0.4) is 0 Å². The van der Waals surface area contributed by atoms with E-state index in [0.717, 1.165) is 6.07 Å². The summed E-state index contributed by atoms with van der Waals surface area (Å²) in [6.07, 6.45) is -3.66. The van der Waals surface area contributed by atoms with Crippen LogP contribution >= 0.6 is 0 Å². The summed E-state index contributed by atoms with van der Waals surface area (Å²) in [6.45, 7) is 0. The predicted octanol–water partition coefficient (Wildman–Crippen LogP) is 1.95. The lowest BCUT2D eigenvalue weighted by molar-refractivity contribution is -0.00491. The van der Waals surface area contributed by atoms with Gasteiger partial charge in [-0.1, -0.05) is 0 Å². The Kier molecular flexibility index (Phi) is 2.91. The van der Waals surface area contributed by atoms with Crippen molar-refractivity contribution in [3.63, 3.8) is 0 Å². The van der Waals surface area contributed by atoms with Gasteiger partial charge in [-0.05, 0) is 12.1 Å². The third-order valence-corrected chi connectivity index (χ3v) is 2.67. The van der Waals surface area contributed by atoms with E-state index in [9.17, 15) is 18.3 Å². The molecule has 0 spiro atoms. The number of anilines is 1. The van der Waals surface area contributed by atoms with Crippen LogP contribution in [0, 0.1) is 5.82 Å². The molecule has 94 valence electrons. The van der Waals surface area contributed by atoms with E-state index in [1.165, 1.54) is 12.1 Å². The van der Waals surface area contributed by atoms with Crippen LogP contribution in [-0.4, -0.2) is 23.2 Å². The zero-order valence-electron chi connectivity index (χ0n) is 8.87. The maximum atomic E-state index is 13.3. The second kappa shape index (κ2) is 4.10. The standard InChI is InChI=1S/C11H12F3NO2/c12-7-3-6(15)1-2-9(7)17-10-5-11(13,14)4-8(10)16/h1-3,8,10,16H,4-5,15H2. The maximum Gasteiger partial charge on any atom is 0.254 e. The molecule has 3 nitrogen and oxygen atoms in total. The van der Waals surface area contributed by atoms with Crippen molar-refractivity contribution in [2.75, 3.05) is 5.73 Å². The number of nitrogens with two attached hydrogens (primary N) is 1. The van der Waals surface area contributed by atoms with Crippen LogP contribution in [0.2, 0.25) is 0 Å². The maximum absolute atomic E-state index is 13.3. The Bertz CT molecular complexity index is 425. The second-order valence-corrected chi connectivity index (χ2v) is 4.18. The van der Waals surface area contributed by atoms with Gasteiger partial charge in [0.15, 0.2) is 11.6 Å². The summed E-state index contributed by atoms with van der Waals surface area (Å²) in [4.78, 5) is 0. The smallest absolute Gasteiger partial charge is 0.254 e. The fourth-order valence-corrected chi connectivity index (χ4v) is 1.85. The summed E-state index contributed by atoms with van der Waals surface area (Å²) >= 11 is 0. The number of alkyl halides is 2. The van der Waals surface area contributed by atoms with Crippen molar-refractivity contribution in [2.45, 2.75) is 31.0 Å². The fraction of sp³-hybridized carbons (Fsp3) is 0.455. The fourth-order valence-electron chi connectivity index (χ4n) is 1.85. The SMILES string of the molecule is Nc1ccc(OC2CC(F)(F)CC2O)c(F)c1. The van der Waals surface area contributed by atoms with Crippen molar-refractivity contribution >= 4 is 5.69 Å². The summed E-state index contributed by atoms with van der Waals surface area (Å²) < 4.78 is 44.3. The molecule has 0 amide bonds. The number of benzene rings is 1. The number of hydrogen-bond acceptors (Lipinski definition) is 3. The number of halogens is 3. The largest absolute Gasteiger partial charge is 0.484 e. The van der Waals surface area contributed by atoms with Crippen molar-refractivity contribution in [3.05, 3.63) is 24.0 Å². The number of nitrogen functional groups attached to an aromatic ring is 1. The van der Waals surface area contributed by atoms with E-state index in [1.54, 1.807) is 0 Å². The average molecular weight is 247 g/mol. The van der Waals surface area contributed by atoms with Crippen LogP contribution < -0.4 is 10.5 Å². The third kappa shape index (κ3) is 2.63. The highest BCUT2D eigenvalue weighted by molar-refractivity contribution is 5.42. The van der Waals surface area contributed by atoms with Crippen molar-refractivity contribution < 1.29 is 23.0 Å². The van der Waals surface area contributed by atoms with Gasteiger partial charge in [0, 0.05) is 18.2 Å². The van der Waals surface area contributed by atoms with Crippen LogP contribution in [0.4, 0.5) is 18.9 Å². The lowest BCUT2D eigenvalue weighted by atomic mass is 10.2. The molecule has 17 heavy (non-hydrogen) atoms. The Balaban J connectivity index is 2.11. The molecule has 2 rings (SSSR count). The van der Waals surface area contributed by atoms with Crippen LogP contribution in [0.15, 0.2) is 18.2 Å². The summed E-state index contributed by atoms with van der Waals surface area (Å²) in [5, 5.41) is 9.38. The number of hydrogen-bond donors (Lipinski definition) is 2. The minimum Gasteiger partial charge on any atom is -0.484 e. The van der Waals surface area contributed by atoms with E-state index in [0.29, 0.717) is 0 Å². The monoisotopic (exact) mass is 247 g/mol. The number of aliphatic hydroxyl groups is 1. The Morgan fingerprint density at radius 3 is 2.59 bits per heavy atom. The Morgan fingerprint density at radius 2 is 2.06 bits per heavy atom. The molecule has 1 aliphatic carbocycles. The number of ether oxygens (including phenoxy) is 1. The Morgan fingerprint density at radius 1 is 1.35 bits per heavy atom. The quantitative estimate of drug-likeness (QED) is 0.785. The van der Waals surface area contributed by atoms with Crippen molar-refractivity contribution in [3.8, 4) is 5.75 Å². The molecule has 0 aliphatic heterocycles. The van der Waals surface area contributed by atoms with Gasteiger partial charge in [0.2, 0.25) is 0 Å². The van der Waals surface area contributed by atoms with Crippen molar-refractivity contribution in [2.24, 2.45) is 0 Å². The van der Waals surface area contributed by atoms with Gasteiger partial charge in [-0.15, -0.1) is 0 Å². The molecule has 1 fully saturated rings. The average Bonchev–Trinajstić information content (AvgIpc) is 2.44. The van der Waals surface area contributed by atoms with Crippen molar-refractivity contribution in [1.82, 2.24) is 0 Å². The molecule has 0 radical (unpaired) electrons. The minimum absolute atomic E-state index is 0.180. The van der Waals surface area contributed by atoms with Gasteiger partial charge >= 0.3 is 0 Å². The van der Waals surface area contributed by atoms with Crippen LogP contribution in [-0.2, 0) is 0 Å². The van der Waals surface area contributed by atoms with E-state index in [2.05, 4.69) is 0 Å². The molecule has 0 heterocycles. The zero-order chi connectivity index (χ0) is 12.6. The molecule has 0 aromatic heterocycles.